The van der Waals surface area contributed by atoms with E-state index in [-0.39, 0.29) is 11.7 Å². The maximum absolute atomic E-state index is 12.7. The molecule has 178 valence electrons. The first-order valence-electron chi connectivity index (χ1n) is 11.5. The highest BCUT2D eigenvalue weighted by Crippen LogP contribution is 2.25. The molecule has 0 spiro atoms. The van der Waals surface area contributed by atoms with Crippen LogP contribution in [0.3, 0.4) is 0 Å². The van der Waals surface area contributed by atoms with Crippen LogP contribution in [0, 0.1) is 0 Å². The van der Waals surface area contributed by atoms with E-state index in [1.165, 1.54) is 5.56 Å². The Morgan fingerprint density at radius 3 is 2.31 bits per heavy atom. The van der Waals surface area contributed by atoms with Gasteiger partial charge in [0.15, 0.2) is 5.76 Å². The molecular formula is C28H25BrClN3O2. The zero-order valence-corrected chi connectivity index (χ0v) is 21.4. The summed E-state index contributed by atoms with van der Waals surface area (Å²) in [4.78, 5) is 17.5. The van der Waals surface area contributed by atoms with E-state index in [1.54, 1.807) is 6.07 Å². The Kier molecular flexibility index (Phi) is 7.23. The van der Waals surface area contributed by atoms with E-state index in [1.807, 2.05) is 60.7 Å². The topological polar surface area (TPSA) is 48.7 Å². The van der Waals surface area contributed by atoms with Crippen molar-refractivity contribution in [1.82, 2.24) is 4.90 Å². The Morgan fingerprint density at radius 2 is 1.60 bits per heavy atom. The smallest absolute Gasteiger partial charge is 0.291 e. The van der Waals surface area contributed by atoms with Crippen LogP contribution in [-0.4, -0.2) is 37.0 Å². The summed E-state index contributed by atoms with van der Waals surface area (Å²) in [5, 5.41) is 3.75. The highest BCUT2D eigenvalue weighted by molar-refractivity contribution is 9.10. The molecule has 1 aliphatic rings. The van der Waals surface area contributed by atoms with Crippen LogP contribution >= 0.6 is 27.5 Å². The van der Waals surface area contributed by atoms with Crippen molar-refractivity contribution >= 4 is 44.8 Å². The lowest BCUT2D eigenvalue weighted by atomic mass is 10.2. The van der Waals surface area contributed by atoms with Crippen LogP contribution in [0.25, 0.3) is 11.3 Å². The van der Waals surface area contributed by atoms with Gasteiger partial charge in [-0.2, -0.15) is 0 Å². The number of halogens is 2. The Morgan fingerprint density at radius 1 is 0.886 bits per heavy atom. The lowest BCUT2D eigenvalue weighted by Crippen LogP contribution is -2.46. The number of hydrogen-bond acceptors (Lipinski definition) is 4. The predicted molar refractivity (Wildman–Crippen MR) is 145 cm³/mol. The molecule has 4 aromatic rings. The normalized spacial score (nSPS) is 14.2. The summed E-state index contributed by atoms with van der Waals surface area (Å²) < 4.78 is 6.77. The van der Waals surface area contributed by atoms with Gasteiger partial charge < -0.3 is 14.6 Å². The van der Waals surface area contributed by atoms with Gasteiger partial charge in [-0.05, 0) is 60.2 Å². The Bertz CT molecular complexity index is 1300. The first-order chi connectivity index (χ1) is 17.0. The van der Waals surface area contributed by atoms with Crippen molar-refractivity contribution in [2.24, 2.45) is 0 Å². The molecule has 0 saturated carbocycles. The standard InChI is InChI=1S/C28H25BrClN3O2/c29-22-7-5-20(6-8-22)26-13-14-27(35-26)28(34)31-23-9-11-24(12-10-23)33-17-15-32(16-18-33)19-21-3-1-2-4-25(21)30/h1-14H,15-19H2,(H,31,34). The molecule has 5 nitrogen and oxygen atoms in total. The molecular weight excluding hydrogens is 526 g/mol. The summed E-state index contributed by atoms with van der Waals surface area (Å²) in [6, 6.07) is 27.3. The van der Waals surface area contributed by atoms with Gasteiger partial charge in [0.2, 0.25) is 0 Å². The van der Waals surface area contributed by atoms with E-state index in [0.29, 0.717) is 5.76 Å². The SMILES string of the molecule is O=C(Nc1ccc(N2CCN(Cc3ccccc3Cl)CC2)cc1)c1ccc(-c2ccc(Br)cc2)o1. The highest BCUT2D eigenvalue weighted by Gasteiger charge is 2.18. The maximum Gasteiger partial charge on any atom is 0.291 e. The minimum absolute atomic E-state index is 0.269. The quantitative estimate of drug-likeness (QED) is 0.283. The van der Waals surface area contributed by atoms with Crippen molar-refractivity contribution in [2.45, 2.75) is 6.54 Å². The summed E-state index contributed by atoms with van der Waals surface area (Å²) in [7, 11) is 0. The van der Waals surface area contributed by atoms with Crippen LogP contribution in [0.2, 0.25) is 5.02 Å². The largest absolute Gasteiger partial charge is 0.451 e. The lowest BCUT2D eigenvalue weighted by Gasteiger charge is -2.36. The van der Waals surface area contributed by atoms with Crippen LogP contribution in [0.5, 0.6) is 0 Å². The number of piperazine rings is 1. The van der Waals surface area contributed by atoms with Gasteiger partial charge in [0, 0.05) is 59.2 Å². The van der Waals surface area contributed by atoms with Crippen molar-refractivity contribution in [3.05, 3.63) is 106 Å². The van der Waals surface area contributed by atoms with Gasteiger partial charge in [-0.25, -0.2) is 0 Å². The third-order valence-corrected chi connectivity index (χ3v) is 7.07. The highest BCUT2D eigenvalue weighted by atomic mass is 79.9. The van der Waals surface area contributed by atoms with Gasteiger partial charge in [-0.15, -0.1) is 0 Å². The van der Waals surface area contributed by atoms with Crippen molar-refractivity contribution < 1.29 is 9.21 Å². The summed E-state index contributed by atoms with van der Waals surface area (Å²) in [5.74, 6) is 0.669. The zero-order chi connectivity index (χ0) is 24.2. The van der Waals surface area contributed by atoms with Crippen molar-refractivity contribution in [3.8, 4) is 11.3 Å². The first kappa shape index (κ1) is 23.7. The van der Waals surface area contributed by atoms with Crippen molar-refractivity contribution in [3.63, 3.8) is 0 Å². The van der Waals surface area contributed by atoms with Gasteiger partial charge in [0.1, 0.15) is 5.76 Å². The third kappa shape index (κ3) is 5.78. The van der Waals surface area contributed by atoms with E-state index < -0.39 is 0 Å². The molecule has 1 aliphatic heterocycles. The molecule has 0 aliphatic carbocycles. The monoisotopic (exact) mass is 549 g/mol. The third-order valence-electron chi connectivity index (χ3n) is 6.17. The molecule has 1 fully saturated rings. The average Bonchev–Trinajstić information content (AvgIpc) is 3.38. The molecule has 1 N–H and O–H groups in total. The van der Waals surface area contributed by atoms with Gasteiger partial charge in [-0.1, -0.05) is 57.9 Å². The van der Waals surface area contributed by atoms with Crippen molar-refractivity contribution in [1.29, 1.82) is 0 Å². The van der Waals surface area contributed by atoms with Gasteiger partial charge >= 0.3 is 0 Å². The summed E-state index contributed by atoms with van der Waals surface area (Å²) in [6.07, 6.45) is 0. The molecule has 5 rings (SSSR count). The molecule has 1 aromatic heterocycles. The fraction of sp³-hybridized carbons (Fsp3) is 0.179. The van der Waals surface area contributed by atoms with E-state index >= 15 is 0 Å². The Labute approximate surface area is 218 Å². The van der Waals surface area contributed by atoms with Crippen LogP contribution in [0.1, 0.15) is 16.1 Å². The van der Waals surface area contributed by atoms with E-state index in [2.05, 4.69) is 49.2 Å². The number of nitrogens with zero attached hydrogens (tertiary/aromatic N) is 2. The van der Waals surface area contributed by atoms with Gasteiger partial charge in [-0.3, -0.25) is 9.69 Å². The number of nitrogens with one attached hydrogen (secondary N) is 1. The second-order valence-electron chi connectivity index (χ2n) is 8.53. The number of rotatable bonds is 6. The fourth-order valence-electron chi connectivity index (χ4n) is 4.21. The number of amides is 1. The van der Waals surface area contributed by atoms with E-state index in [0.717, 1.165) is 59.2 Å². The average molecular weight is 551 g/mol. The molecule has 1 amide bonds. The number of anilines is 2. The predicted octanol–water partition coefficient (Wildman–Crippen LogP) is 6.94. The molecule has 0 atom stereocenters. The molecule has 3 aromatic carbocycles. The minimum atomic E-state index is -0.269. The number of benzene rings is 3. The van der Waals surface area contributed by atoms with Crippen LogP contribution in [0.4, 0.5) is 11.4 Å². The minimum Gasteiger partial charge on any atom is -0.451 e. The Balaban J connectivity index is 1.15. The molecule has 1 saturated heterocycles. The molecule has 0 radical (unpaired) electrons. The number of furan rings is 1. The van der Waals surface area contributed by atoms with Crippen LogP contribution in [0.15, 0.2) is 93.8 Å². The second-order valence-corrected chi connectivity index (χ2v) is 9.85. The molecule has 7 heteroatoms. The second kappa shape index (κ2) is 10.7. The van der Waals surface area contributed by atoms with Gasteiger partial charge in [0.25, 0.3) is 5.91 Å². The summed E-state index contributed by atoms with van der Waals surface area (Å²) in [5.41, 5.74) is 3.97. The maximum atomic E-state index is 12.7. The van der Waals surface area contributed by atoms with Crippen LogP contribution in [-0.2, 0) is 6.54 Å². The molecule has 35 heavy (non-hydrogen) atoms. The number of carbonyl (C=O) groups is 1. The lowest BCUT2D eigenvalue weighted by molar-refractivity contribution is 0.0997. The first-order valence-corrected chi connectivity index (χ1v) is 12.7. The summed E-state index contributed by atoms with van der Waals surface area (Å²) in [6.45, 7) is 4.71. The Hall–Kier alpha value is -3.06. The molecule has 0 bridgehead atoms. The van der Waals surface area contributed by atoms with Crippen molar-refractivity contribution in [2.75, 3.05) is 36.4 Å². The fourth-order valence-corrected chi connectivity index (χ4v) is 4.67. The molecule has 2 heterocycles. The molecule has 0 unspecified atom stereocenters. The van der Waals surface area contributed by atoms with Crippen LogP contribution < -0.4 is 10.2 Å². The zero-order valence-electron chi connectivity index (χ0n) is 19.1. The summed E-state index contributed by atoms with van der Waals surface area (Å²) >= 11 is 9.74. The van der Waals surface area contributed by atoms with E-state index in [4.69, 9.17) is 16.0 Å². The van der Waals surface area contributed by atoms with E-state index in [9.17, 15) is 4.79 Å². The number of carbonyl (C=O) groups excluding carboxylic acids is 1. The van der Waals surface area contributed by atoms with Gasteiger partial charge in [0.05, 0.1) is 0 Å². The number of hydrogen-bond donors (Lipinski definition) is 1.